The third kappa shape index (κ3) is 7.14. The molecule has 5 rings (SSSR count). The lowest BCUT2D eigenvalue weighted by atomic mass is 10.0. The number of hydrogen-bond donors (Lipinski definition) is 0. The zero-order valence-electron chi connectivity index (χ0n) is 25.7. The van der Waals surface area contributed by atoms with Gasteiger partial charge in [-0.2, -0.15) is 0 Å². The average molecular weight is 566 g/mol. The third-order valence-electron chi connectivity index (χ3n) is 8.72. The Morgan fingerprint density at radius 3 is 2.21 bits per heavy atom. The molecule has 0 saturated heterocycles. The van der Waals surface area contributed by atoms with Crippen LogP contribution in [-0.4, -0.2) is 54.7 Å². The van der Waals surface area contributed by atoms with Gasteiger partial charge in [0, 0.05) is 24.2 Å². The van der Waals surface area contributed by atoms with Crippen molar-refractivity contribution in [3.05, 3.63) is 107 Å². The van der Waals surface area contributed by atoms with Crippen LogP contribution >= 0.6 is 0 Å². The van der Waals surface area contributed by atoms with Crippen LogP contribution in [0.2, 0.25) is 0 Å². The standard InChI is InChI=1S/C37H45N2O3/c1-5-39(6-2,27-31-22-28(3)21-29(4)23-31)18-10-9-17-38(26-30-13-16-35-36(24-30)42-20-19-41-35)37(40)34-15-14-32-11-7-8-12-33(32)25-34/h7-8,11-16,21-25H,5-6,9-10,17-20,26-27H2,1-4H3/q+1. The lowest BCUT2D eigenvalue weighted by Gasteiger charge is -2.37. The molecule has 0 saturated carbocycles. The van der Waals surface area contributed by atoms with Gasteiger partial charge in [0.15, 0.2) is 11.5 Å². The largest absolute Gasteiger partial charge is 0.486 e. The van der Waals surface area contributed by atoms with Gasteiger partial charge in [-0.15, -0.1) is 0 Å². The Bertz CT molecular complexity index is 1500. The Hall–Kier alpha value is -3.83. The second-order valence-electron chi connectivity index (χ2n) is 11.8. The van der Waals surface area contributed by atoms with E-state index >= 15 is 0 Å². The number of carbonyl (C=O) groups is 1. The maximum absolute atomic E-state index is 14.0. The molecular weight excluding hydrogens is 520 g/mol. The van der Waals surface area contributed by atoms with Crippen LogP contribution in [0.5, 0.6) is 11.5 Å². The van der Waals surface area contributed by atoms with E-state index in [-0.39, 0.29) is 5.91 Å². The number of fused-ring (bicyclic) bond motifs is 2. The van der Waals surface area contributed by atoms with Gasteiger partial charge in [-0.3, -0.25) is 4.79 Å². The smallest absolute Gasteiger partial charge is 0.254 e. The van der Waals surface area contributed by atoms with E-state index in [4.69, 9.17) is 9.47 Å². The minimum absolute atomic E-state index is 0.0672. The Morgan fingerprint density at radius 1 is 0.762 bits per heavy atom. The number of carbonyl (C=O) groups excluding carboxylic acids is 1. The summed E-state index contributed by atoms with van der Waals surface area (Å²) in [4.78, 5) is 16.0. The van der Waals surface area contributed by atoms with Crippen LogP contribution in [0.3, 0.4) is 0 Å². The summed E-state index contributed by atoms with van der Waals surface area (Å²) in [6.45, 7) is 15.7. The number of benzene rings is 4. The van der Waals surface area contributed by atoms with Crippen LogP contribution in [0.1, 0.15) is 59.3 Å². The molecule has 0 unspecified atom stereocenters. The van der Waals surface area contributed by atoms with E-state index in [1.165, 1.54) is 16.7 Å². The summed E-state index contributed by atoms with van der Waals surface area (Å²) in [5.74, 6) is 1.60. The molecule has 220 valence electrons. The van der Waals surface area contributed by atoms with Crippen molar-refractivity contribution in [1.82, 2.24) is 4.90 Å². The molecule has 42 heavy (non-hydrogen) atoms. The molecule has 1 aliphatic rings. The molecule has 0 aromatic heterocycles. The molecule has 0 bridgehead atoms. The van der Waals surface area contributed by atoms with Gasteiger partial charge in [0.25, 0.3) is 5.91 Å². The fourth-order valence-electron chi connectivity index (χ4n) is 6.30. The van der Waals surface area contributed by atoms with Crippen molar-refractivity contribution in [3.63, 3.8) is 0 Å². The van der Waals surface area contributed by atoms with Gasteiger partial charge in [-0.1, -0.05) is 65.7 Å². The van der Waals surface area contributed by atoms with Crippen molar-refractivity contribution in [3.8, 4) is 11.5 Å². The number of rotatable bonds is 12. The first-order valence-electron chi connectivity index (χ1n) is 15.5. The fraction of sp³-hybridized carbons (Fsp3) is 0.378. The highest BCUT2D eigenvalue weighted by Gasteiger charge is 2.25. The zero-order chi connectivity index (χ0) is 29.5. The minimum Gasteiger partial charge on any atom is -0.486 e. The summed E-state index contributed by atoms with van der Waals surface area (Å²) < 4.78 is 12.6. The molecule has 0 spiro atoms. The van der Waals surface area contributed by atoms with Crippen molar-refractivity contribution < 1.29 is 18.8 Å². The Balaban J connectivity index is 1.31. The number of ether oxygens (including phenoxy) is 2. The van der Waals surface area contributed by atoms with E-state index in [1.54, 1.807) is 0 Å². The Labute approximate surface area is 251 Å². The Kier molecular flexibility index (Phi) is 9.48. The molecule has 5 nitrogen and oxygen atoms in total. The highest BCUT2D eigenvalue weighted by molar-refractivity contribution is 5.98. The van der Waals surface area contributed by atoms with E-state index in [1.807, 2.05) is 53.4 Å². The van der Waals surface area contributed by atoms with Crippen LogP contribution in [0, 0.1) is 13.8 Å². The number of nitrogens with zero attached hydrogens (tertiary/aromatic N) is 2. The van der Waals surface area contributed by atoms with E-state index < -0.39 is 0 Å². The third-order valence-corrected chi connectivity index (χ3v) is 8.72. The van der Waals surface area contributed by atoms with Crippen molar-refractivity contribution >= 4 is 16.7 Å². The van der Waals surface area contributed by atoms with Crippen molar-refractivity contribution in [2.45, 2.75) is 53.6 Å². The number of amides is 1. The summed E-state index contributed by atoms with van der Waals surface area (Å²) in [5.41, 5.74) is 5.86. The van der Waals surface area contributed by atoms with Crippen LogP contribution in [-0.2, 0) is 13.1 Å². The highest BCUT2D eigenvalue weighted by atomic mass is 16.6. The monoisotopic (exact) mass is 565 g/mol. The predicted octanol–water partition coefficient (Wildman–Crippen LogP) is 7.71. The van der Waals surface area contributed by atoms with Gasteiger partial charge in [0.2, 0.25) is 0 Å². The second-order valence-corrected chi connectivity index (χ2v) is 11.8. The summed E-state index contributed by atoms with van der Waals surface area (Å²) in [7, 11) is 0. The minimum atomic E-state index is 0.0672. The van der Waals surface area contributed by atoms with Crippen molar-refractivity contribution in [1.29, 1.82) is 0 Å². The topological polar surface area (TPSA) is 38.8 Å². The SMILES string of the molecule is CC[N+](CC)(CCCCN(Cc1ccc2c(c1)OCCO2)C(=O)c1ccc2ccccc2c1)Cc1cc(C)cc(C)c1. The first-order chi connectivity index (χ1) is 20.4. The molecule has 5 heteroatoms. The quantitative estimate of drug-likeness (QED) is 0.130. The molecule has 0 fully saturated rings. The van der Waals surface area contributed by atoms with Crippen molar-refractivity contribution in [2.75, 3.05) is 39.4 Å². The first kappa shape index (κ1) is 29.7. The molecule has 0 radical (unpaired) electrons. The van der Waals surface area contributed by atoms with E-state index in [0.29, 0.717) is 26.3 Å². The van der Waals surface area contributed by atoms with Gasteiger partial charge in [-0.05, 0) is 81.1 Å². The lowest BCUT2D eigenvalue weighted by molar-refractivity contribution is -0.938. The molecule has 4 aromatic rings. The van der Waals surface area contributed by atoms with E-state index in [2.05, 4.69) is 58.0 Å². The molecule has 1 amide bonds. The molecule has 0 atom stereocenters. The summed E-state index contributed by atoms with van der Waals surface area (Å²) in [6.07, 6.45) is 2.02. The summed E-state index contributed by atoms with van der Waals surface area (Å²) >= 11 is 0. The Morgan fingerprint density at radius 2 is 1.48 bits per heavy atom. The van der Waals surface area contributed by atoms with Gasteiger partial charge >= 0.3 is 0 Å². The normalized spacial score (nSPS) is 12.9. The van der Waals surface area contributed by atoms with Crippen LogP contribution < -0.4 is 9.47 Å². The molecule has 1 aliphatic heterocycles. The molecule has 4 aromatic carbocycles. The summed E-state index contributed by atoms with van der Waals surface area (Å²) in [5, 5.41) is 2.23. The molecule has 0 aliphatic carbocycles. The number of unbranched alkanes of at least 4 members (excludes halogenated alkanes) is 1. The van der Waals surface area contributed by atoms with Gasteiger partial charge < -0.3 is 18.9 Å². The maximum atomic E-state index is 14.0. The number of aryl methyl sites for hydroxylation is 2. The van der Waals surface area contributed by atoms with Gasteiger partial charge in [-0.25, -0.2) is 0 Å². The van der Waals surface area contributed by atoms with Crippen LogP contribution in [0.4, 0.5) is 0 Å². The fourth-order valence-corrected chi connectivity index (χ4v) is 6.30. The zero-order valence-corrected chi connectivity index (χ0v) is 25.7. The lowest BCUT2D eigenvalue weighted by Crippen LogP contribution is -2.47. The van der Waals surface area contributed by atoms with Gasteiger partial charge in [0.1, 0.15) is 19.8 Å². The molecule has 0 N–H and O–H groups in total. The summed E-state index contributed by atoms with van der Waals surface area (Å²) in [6, 6.07) is 27.2. The van der Waals surface area contributed by atoms with Crippen molar-refractivity contribution in [2.24, 2.45) is 0 Å². The predicted molar refractivity (Wildman–Crippen MR) is 171 cm³/mol. The van der Waals surface area contributed by atoms with E-state index in [9.17, 15) is 4.79 Å². The molecular formula is C37H45N2O3+. The second kappa shape index (κ2) is 13.4. The number of quaternary nitrogens is 1. The number of hydrogen-bond acceptors (Lipinski definition) is 3. The van der Waals surface area contributed by atoms with Gasteiger partial charge in [0.05, 0.1) is 19.6 Å². The van der Waals surface area contributed by atoms with Crippen LogP contribution in [0.25, 0.3) is 10.8 Å². The first-order valence-corrected chi connectivity index (χ1v) is 15.5. The maximum Gasteiger partial charge on any atom is 0.254 e. The van der Waals surface area contributed by atoms with Crippen LogP contribution in [0.15, 0.2) is 78.9 Å². The molecule has 1 heterocycles. The average Bonchev–Trinajstić information content (AvgIpc) is 3.00. The highest BCUT2D eigenvalue weighted by Crippen LogP contribution is 2.31. The van der Waals surface area contributed by atoms with E-state index in [0.717, 1.165) is 76.9 Å².